The number of hydrazine groups is 1. The van der Waals surface area contributed by atoms with Crippen molar-refractivity contribution in [3.63, 3.8) is 0 Å². The normalized spacial score (nSPS) is 14.1. The first-order chi connectivity index (χ1) is 8.98. The van der Waals surface area contributed by atoms with Crippen LogP contribution in [0.15, 0.2) is 12.3 Å². The molecule has 1 heterocycles. The van der Waals surface area contributed by atoms with Gasteiger partial charge in [0.05, 0.1) is 11.7 Å². The molecule has 0 radical (unpaired) electrons. The molecule has 3 N–H and O–H groups in total. The summed E-state index contributed by atoms with van der Waals surface area (Å²) in [7, 11) is 0. The Morgan fingerprint density at radius 2 is 1.95 bits per heavy atom. The summed E-state index contributed by atoms with van der Waals surface area (Å²) in [5.74, 6) is 5.72. The van der Waals surface area contributed by atoms with E-state index in [-0.39, 0.29) is 11.5 Å². The second kappa shape index (κ2) is 7.06. The third-order valence-electron chi connectivity index (χ3n) is 4.45. The highest BCUT2D eigenvalue weighted by molar-refractivity contribution is 5.04. The molecule has 1 atom stereocenters. The Kier molecular flexibility index (Phi) is 6.01. The third-order valence-corrected chi connectivity index (χ3v) is 4.45. The van der Waals surface area contributed by atoms with Crippen LogP contribution in [0.3, 0.4) is 0 Å². The number of hydrogen-bond acceptors (Lipinski definition) is 3. The average Bonchev–Trinajstić information content (AvgIpc) is 2.85. The predicted molar refractivity (Wildman–Crippen MR) is 80.7 cm³/mol. The molecule has 19 heavy (non-hydrogen) atoms. The van der Waals surface area contributed by atoms with E-state index in [9.17, 15) is 0 Å². The van der Waals surface area contributed by atoms with E-state index in [1.165, 1.54) is 0 Å². The van der Waals surface area contributed by atoms with Crippen LogP contribution in [0.25, 0.3) is 0 Å². The first-order valence-corrected chi connectivity index (χ1v) is 7.48. The van der Waals surface area contributed by atoms with Gasteiger partial charge in [-0.1, -0.05) is 34.6 Å². The number of nitrogens with two attached hydrogens (primary N) is 1. The molecule has 4 nitrogen and oxygen atoms in total. The van der Waals surface area contributed by atoms with Crippen LogP contribution in [-0.4, -0.2) is 15.8 Å². The number of nitrogens with one attached hydrogen (secondary N) is 1. The molecule has 0 amide bonds. The summed E-state index contributed by atoms with van der Waals surface area (Å²) in [4.78, 5) is 0. The van der Waals surface area contributed by atoms with Crippen LogP contribution in [0.5, 0.6) is 0 Å². The number of rotatable bonds is 8. The molecule has 4 heteroatoms. The molecule has 1 rings (SSSR count). The van der Waals surface area contributed by atoms with Crippen LogP contribution in [0.1, 0.15) is 65.6 Å². The fraction of sp³-hybridized carbons (Fsp3) is 0.800. The molecular formula is C15H30N4. The van der Waals surface area contributed by atoms with Gasteiger partial charge in [-0.15, -0.1) is 0 Å². The Bertz CT molecular complexity index is 366. The van der Waals surface area contributed by atoms with Crippen molar-refractivity contribution < 1.29 is 0 Å². The predicted octanol–water partition coefficient (Wildman–Crippen LogP) is 3.05. The van der Waals surface area contributed by atoms with Crippen molar-refractivity contribution in [2.75, 3.05) is 0 Å². The van der Waals surface area contributed by atoms with E-state index in [1.807, 2.05) is 0 Å². The van der Waals surface area contributed by atoms with E-state index in [2.05, 4.69) is 57.0 Å². The van der Waals surface area contributed by atoms with Gasteiger partial charge in [0.2, 0.25) is 0 Å². The van der Waals surface area contributed by atoms with Crippen LogP contribution in [-0.2, 0) is 6.42 Å². The summed E-state index contributed by atoms with van der Waals surface area (Å²) in [6.07, 6.45) is 6.31. The molecular weight excluding hydrogens is 236 g/mol. The summed E-state index contributed by atoms with van der Waals surface area (Å²) >= 11 is 0. The molecule has 0 fully saturated rings. The lowest BCUT2D eigenvalue weighted by molar-refractivity contribution is 0.230. The average molecular weight is 266 g/mol. The van der Waals surface area contributed by atoms with E-state index in [0.717, 1.165) is 31.4 Å². The standard InChI is InChI=1S/C15H30N4/c1-6-13(7-2)19-10-9-12(18-19)11-14(17-16)15(4,5)8-3/h9-10,13-14,17H,6-8,11,16H2,1-5H3. The zero-order chi connectivity index (χ0) is 14.5. The highest BCUT2D eigenvalue weighted by Gasteiger charge is 2.27. The van der Waals surface area contributed by atoms with Gasteiger partial charge in [-0.25, -0.2) is 0 Å². The second-order valence-corrected chi connectivity index (χ2v) is 6.02. The van der Waals surface area contributed by atoms with Gasteiger partial charge >= 0.3 is 0 Å². The summed E-state index contributed by atoms with van der Waals surface area (Å²) in [5.41, 5.74) is 4.25. The second-order valence-electron chi connectivity index (χ2n) is 6.02. The van der Waals surface area contributed by atoms with Gasteiger partial charge in [-0.3, -0.25) is 16.0 Å². The van der Waals surface area contributed by atoms with Gasteiger partial charge in [-0.05, 0) is 30.7 Å². The topological polar surface area (TPSA) is 55.9 Å². The van der Waals surface area contributed by atoms with E-state index >= 15 is 0 Å². The maximum Gasteiger partial charge on any atom is 0.0640 e. The largest absolute Gasteiger partial charge is 0.271 e. The smallest absolute Gasteiger partial charge is 0.0640 e. The Morgan fingerprint density at radius 3 is 2.42 bits per heavy atom. The molecule has 0 aliphatic rings. The molecule has 110 valence electrons. The summed E-state index contributed by atoms with van der Waals surface area (Å²) in [6, 6.07) is 2.88. The molecule has 1 aromatic heterocycles. The molecule has 0 spiro atoms. The van der Waals surface area contributed by atoms with Gasteiger partial charge in [0.25, 0.3) is 0 Å². The van der Waals surface area contributed by atoms with Crippen molar-refractivity contribution in [1.82, 2.24) is 15.2 Å². The van der Waals surface area contributed by atoms with Gasteiger partial charge in [0.1, 0.15) is 0 Å². The molecule has 1 unspecified atom stereocenters. The molecule has 0 saturated carbocycles. The van der Waals surface area contributed by atoms with Gasteiger partial charge < -0.3 is 0 Å². The van der Waals surface area contributed by atoms with Crippen LogP contribution < -0.4 is 11.3 Å². The highest BCUT2D eigenvalue weighted by atomic mass is 15.3. The lowest BCUT2D eigenvalue weighted by Crippen LogP contribution is -2.47. The Labute approximate surface area is 117 Å². The van der Waals surface area contributed by atoms with E-state index < -0.39 is 0 Å². The van der Waals surface area contributed by atoms with Crippen LogP contribution >= 0.6 is 0 Å². The molecule has 0 saturated heterocycles. The highest BCUT2D eigenvalue weighted by Crippen LogP contribution is 2.26. The quantitative estimate of drug-likeness (QED) is 0.561. The van der Waals surface area contributed by atoms with Crippen molar-refractivity contribution in [3.05, 3.63) is 18.0 Å². The number of hydrogen-bond donors (Lipinski definition) is 2. The fourth-order valence-electron chi connectivity index (χ4n) is 2.37. The zero-order valence-corrected chi connectivity index (χ0v) is 13.1. The molecule has 0 bridgehead atoms. The Balaban J connectivity index is 2.77. The summed E-state index contributed by atoms with van der Waals surface area (Å²) in [5, 5.41) is 4.71. The van der Waals surface area contributed by atoms with E-state index in [4.69, 9.17) is 10.9 Å². The first kappa shape index (κ1) is 16.2. The summed E-state index contributed by atoms with van der Waals surface area (Å²) < 4.78 is 2.10. The van der Waals surface area contributed by atoms with Crippen LogP contribution in [0.2, 0.25) is 0 Å². The molecule has 0 aliphatic heterocycles. The van der Waals surface area contributed by atoms with E-state index in [0.29, 0.717) is 6.04 Å². The number of nitrogens with zero attached hydrogens (tertiary/aromatic N) is 2. The van der Waals surface area contributed by atoms with Crippen LogP contribution in [0, 0.1) is 5.41 Å². The monoisotopic (exact) mass is 266 g/mol. The fourth-order valence-corrected chi connectivity index (χ4v) is 2.37. The van der Waals surface area contributed by atoms with Gasteiger partial charge in [-0.2, -0.15) is 5.10 Å². The molecule has 0 aromatic carbocycles. The van der Waals surface area contributed by atoms with Crippen molar-refractivity contribution in [3.8, 4) is 0 Å². The lowest BCUT2D eigenvalue weighted by atomic mass is 9.80. The third kappa shape index (κ3) is 4.05. The van der Waals surface area contributed by atoms with Crippen molar-refractivity contribution in [1.29, 1.82) is 0 Å². The van der Waals surface area contributed by atoms with Crippen molar-refractivity contribution >= 4 is 0 Å². The maximum absolute atomic E-state index is 5.72. The Morgan fingerprint density at radius 1 is 1.32 bits per heavy atom. The van der Waals surface area contributed by atoms with Crippen molar-refractivity contribution in [2.45, 2.75) is 72.4 Å². The maximum atomic E-state index is 5.72. The van der Waals surface area contributed by atoms with E-state index in [1.54, 1.807) is 0 Å². The van der Waals surface area contributed by atoms with Crippen LogP contribution in [0.4, 0.5) is 0 Å². The first-order valence-electron chi connectivity index (χ1n) is 7.48. The minimum absolute atomic E-state index is 0.174. The Hall–Kier alpha value is -0.870. The van der Waals surface area contributed by atoms with Gasteiger partial charge in [0, 0.05) is 18.7 Å². The zero-order valence-electron chi connectivity index (χ0n) is 13.1. The summed E-state index contributed by atoms with van der Waals surface area (Å²) in [6.45, 7) is 11.1. The number of aromatic nitrogens is 2. The van der Waals surface area contributed by atoms with Crippen molar-refractivity contribution in [2.24, 2.45) is 11.3 Å². The minimum Gasteiger partial charge on any atom is -0.271 e. The SMILES string of the molecule is CCC(CC)n1ccc(CC(NN)C(C)(C)CC)n1. The lowest BCUT2D eigenvalue weighted by Gasteiger charge is -2.32. The molecule has 1 aromatic rings. The minimum atomic E-state index is 0.174. The van der Waals surface area contributed by atoms with Gasteiger partial charge in [0.15, 0.2) is 0 Å². The molecule has 0 aliphatic carbocycles.